The largest absolute Gasteiger partial charge is 0.464 e. The Morgan fingerprint density at radius 3 is 2.07 bits per heavy atom. The summed E-state index contributed by atoms with van der Waals surface area (Å²) in [7, 11) is -7.38. The third-order valence-electron chi connectivity index (χ3n) is 11.4. The molecule has 16 heteroatoms. The number of halogens is 1. The van der Waals surface area contributed by atoms with Gasteiger partial charge in [-0.25, -0.2) is 22.5 Å². The minimum atomic E-state index is -3.45. The standard InChI is InChI=1S/C43H68FN5O6SSi3/c1-11-32-25-41(55-31-54-20-23-59(8,9)10)37(44)26-36(32)33-16-17-35-39(24-33)49(30-53-19-22-58(5,6)7)46-42(35)43-45-38-27-47(56(50,51)34-14-12-13-15-34)28-40(38)48(43)29-52-18-21-57(2,3)4/h16-17,24-26,34H,11-15,18-23,27-31H2,1-10H3. The Morgan fingerprint density at radius 1 is 0.814 bits per heavy atom. The van der Waals surface area contributed by atoms with Gasteiger partial charge in [-0.2, -0.15) is 9.40 Å². The van der Waals surface area contributed by atoms with Crippen LogP contribution in [0.5, 0.6) is 5.75 Å². The molecule has 0 radical (unpaired) electrons. The summed E-state index contributed by atoms with van der Waals surface area (Å²) < 4.78 is 72.8. The van der Waals surface area contributed by atoms with Gasteiger partial charge in [0.2, 0.25) is 10.0 Å². The van der Waals surface area contributed by atoms with Crippen LogP contribution in [-0.2, 0) is 57.2 Å². The molecule has 1 fully saturated rings. The molecule has 2 aromatic carbocycles. The van der Waals surface area contributed by atoms with Gasteiger partial charge in [0.1, 0.15) is 19.2 Å². The number of benzene rings is 2. The highest BCUT2D eigenvalue weighted by Gasteiger charge is 2.40. The first-order chi connectivity index (χ1) is 27.7. The normalized spacial score (nSPS) is 15.8. The first-order valence-corrected chi connectivity index (χ1v) is 34.1. The molecule has 2 aliphatic rings. The fourth-order valence-electron chi connectivity index (χ4n) is 7.60. The quantitative estimate of drug-likeness (QED) is 0.0462. The minimum Gasteiger partial charge on any atom is -0.464 e. The van der Waals surface area contributed by atoms with Crippen LogP contribution in [-0.4, -0.2) is 88.1 Å². The Kier molecular flexibility index (Phi) is 14.5. The second-order valence-corrected chi connectivity index (χ2v) is 39.1. The molecule has 0 amide bonds. The van der Waals surface area contributed by atoms with E-state index < -0.39 is 40.1 Å². The number of hydrogen-bond donors (Lipinski definition) is 0. The fourth-order valence-corrected chi connectivity index (χ4v) is 11.8. The highest BCUT2D eigenvalue weighted by Crippen LogP contribution is 2.39. The minimum absolute atomic E-state index is 0.00638. The lowest BCUT2D eigenvalue weighted by molar-refractivity contribution is 0.0197. The summed E-state index contributed by atoms with van der Waals surface area (Å²) in [4.78, 5) is 5.15. The number of rotatable bonds is 21. The van der Waals surface area contributed by atoms with E-state index in [0.29, 0.717) is 50.6 Å². The Hall–Kier alpha value is -2.71. The third kappa shape index (κ3) is 11.6. The zero-order chi connectivity index (χ0) is 42.8. The van der Waals surface area contributed by atoms with Crippen molar-refractivity contribution in [3.05, 3.63) is 53.1 Å². The maximum Gasteiger partial charge on any atom is 0.217 e. The molecule has 2 aromatic heterocycles. The van der Waals surface area contributed by atoms with E-state index in [1.54, 1.807) is 16.4 Å². The molecule has 0 saturated heterocycles. The highest BCUT2D eigenvalue weighted by molar-refractivity contribution is 7.89. The molecule has 4 aromatic rings. The maximum absolute atomic E-state index is 15.7. The van der Waals surface area contributed by atoms with E-state index >= 15 is 4.39 Å². The molecule has 1 aliphatic heterocycles. The topological polar surface area (TPSA) is 110 Å². The summed E-state index contributed by atoms with van der Waals surface area (Å²) in [5.41, 5.74) is 5.71. The molecule has 0 atom stereocenters. The molecule has 3 heterocycles. The van der Waals surface area contributed by atoms with Gasteiger partial charge in [-0.1, -0.05) is 84.8 Å². The van der Waals surface area contributed by atoms with Crippen LogP contribution in [0.15, 0.2) is 30.3 Å². The average molecular weight is 886 g/mol. The first kappa shape index (κ1) is 45.8. The van der Waals surface area contributed by atoms with Crippen LogP contribution < -0.4 is 4.74 Å². The molecule has 1 saturated carbocycles. The van der Waals surface area contributed by atoms with Gasteiger partial charge in [-0.05, 0) is 78.4 Å². The summed E-state index contributed by atoms with van der Waals surface area (Å²) in [5, 5.41) is 5.72. The van der Waals surface area contributed by atoms with Crippen molar-refractivity contribution < 1.29 is 31.8 Å². The van der Waals surface area contributed by atoms with Crippen LogP contribution in [0.3, 0.4) is 0 Å². The van der Waals surface area contributed by atoms with Crippen molar-refractivity contribution in [3.8, 4) is 28.4 Å². The second-order valence-electron chi connectivity index (χ2n) is 20.0. The van der Waals surface area contributed by atoms with Crippen molar-refractivity contribution in [2.24, 2.45) is 0 Å². The summed E-state index contributed by atoms with van der Waals surface area (Å²) in [5.74, 6) is 0.391. The number of hydrogen-bond acceptors (Lipinski definition) is 8. The predicted molar refractivity (Wildman–Crippen MR) is 244 cm³/mol. The average Bonchev–Trinajstić information content (AvgIpc) is 3.95. The van der Waals surface area contributed by atoms with Crippen molar-refractivity contribution in [3.63, 3.8) is 0 Å². The van der Waals surface area contributed by atoms with Gasteiger partial charge in [0.15, 0.2) is 24.2 Å². The summed E-state index contributed by atoms with van der Waals surface area (Å²) in [6, 6.07) is 12.5. The molecule has 0 bridgehead atoms. The lowest BCUT2D eigenvalue weighted by atomic mass is 9.96. The van der Waals surface area contributed by atoms with Crippen molar-refractivity contribution in [1.82, 2.24) is 23.6 Å². The second kappa shape index (κ2) is 18.7. The summed E-state index contributed by atoms with van der Waals surface area (Å²) in [6.07, 6.45) is 4.01. The molecule has 0 spiro atoms. The summed E-state index contributed by atoms with van der Waals surface area (Å²) >= 11 is 0. The van der Waals surface area contributed by atoms with Gasteiger partial charge >= 0.3 is 0 Å². The molecular weight excluding hydrogens is 818 g/mol. The number of sulfonamides is 1. The third-order valence-corrected chi connectivity index (χ3v) is 18.8. The first-order valence-electron chi connectivity index (χ1n) is 21.5. The maximum atomic E-state index is 15.7. The predicted octanol–water partition coefficient (Wildman–Crippen LogP) is 10.2. The van der Waals surface area contributed by atoms with Gasteiger partial charge in [0, 0.05) is 49.4 Å². The number of aryl methyl sites for hydroxylation is 1. The Morgan fingerprint density at radius 2 is 1.44 bits per heavy atom. The van der Waals surface area contributed by atoms with Crippen LogP contribution >= 0.6 is 0 Å². The number of imidazole rings is 1. The fraction of sp³-hybridized carbons (Fsp3) is 0.628. The van der Waals surface area contributed by atoms with Crippen LogP contribution in [0, 0.1) is 5.82 Å². The molecule has 1 aliphatic carbocycles. The van der Waals surface area contributed by atoms with Gasteiger partial charge in [0.05, 0.1) is 35.2 Å². The van der Waals surface area contributed by atoms with E-state index in [9.17, 15) is 8.42 Å². The number of aromatic nitrogens is 4. The van der Waals surface area contributed by atoms with Gasteiger partial charge in [-0.3, -0.25) is 0 Å². The smallest absolute Gasteiger partial charge is 0.217 e. The molecular formula is C43H68FN5O6SSi3. The Balaban J connectivity index is 1.36. The van der Waals surface area contributed by atoms with Crippen LogP contribution in [0.2, 0.25) is 77.1 Å². The van der Waals surface area contributed by atoms with Gasteiger partial charge < -0.3 is 23.5 Å². The van der Waals surface area contributed by atoms with E-state index in [-0.39, 0.29) is 44.3 Å². The molecule has 0 unspecified atom stereocenters. The van der Waals surface area contributed by atoms with Gasteiger partial charge in [-0.15, -0.1) is 0 Å². The Labute approximate surface area is 355 Å². The number of fused-ring (bicyclic) bond motifs is 2. The van der Waals surface area contributed by atoms with Crippen molar-refractivity contribution in [2.45, 2.75) is 148 Å². The monoisotopic (exact) mass is 885 g/mol. The highest BCUT2D eigenvalue weighted by atomic mass is 32.2. The van der Waals surface area contributed by atoms with Crippen molar-refractivity contribution in [2.75, 3.05) is 26.6 Å². The van der Waals surface area contributed by atoms with Gasteiger partial charge in [0.25, 0.3) is 0 Å². The molecule has 59 heavy (non-hydrogen) atoms. The number of ether oxygens (including phenoxy) is 4. The van der Waals surface area contributed by atoms with E-state index in [2.05, 4.69) is 71.9 Å². The van der Waals surface area contributed by atoms with E-state index in [0.717, 1.165) is 70.0 Å². The van der Waals surface area contributed by atoms with E-state index in [4.69, 9.17) is 29.0 Å². The van der Waals surface area contributed by atoms with E-state index in [1.807, 2.05) is 21.4 Å². The zero-order valence-corrected chi connectivity index (χ0v) is 41.1. The van der Waals surface area contributed by atoms with E-state index in [1.165, 1.54) is 0 Å². The molecule has 326 valence electrons. The zero-order valence-electron chi connectivity index (χ0n) is 37.2. The van der Waals surface area contributed by atoms with Crippen LogP contribution in [0.25, 0.3) is 33.5 Å². The lowest BCUT2D eigenvalue weighted by Gasteiger charge is -2.21. The SMILES string of the molecule is CCc1cc(OCOCC[Si](C)(C)C)c(F)cc1-c1ccc2c(-c3nc4c(n3COCC[Si](C)(C)C)CN(S(=O)(=O)C3CCCC3)C4)nn(COCC[Si](C)(C)C)c2c1. The van der Waals surface area contributed by atoms with Crippen molar-refractivity contribution in [1.29, 1.82) is 0 Å². The molecule has 6 rings (SSSR count). The van der Waals surface area contributed by atoms with Crippen LogP contribution in [0.4, 0.5) is 4.39 Å². The Bertz CT molecular complexity index is 2190. The molecule has 11 nitrogen and oxygen atoms in total. The van der Waals surface area contributed by atoms with Crippen molar-refractivity contribution >= 4 is 45.1 Å². The number of nitrogens with zero attached hydrogens (tertiary/aromatic N) is 5. The van der Waals surface area contributed by atoms with Crippen LogP contribution in [0.1, 0.15) is 49.6 Å². The molecule has 0 N–H and O–H groups in total. The summed E-state index contributed by atoms with van der Waals surface area (Å²) in [6.45, 7) is 25.7. The lowest BCUT2D eigenvalue weighted by Crippen LogP contribution is -2.34.